The van der Waals surface area contributed by atoms with Crippen LogP contribution in [0.1, 0.15) is 57.4 Å². The maximum atomic E-state index is 13.0. The molecule has 1 atom stereocenters. The van der Waals surface area contributed by atoms with Crippen molar-refractivity contribution in [2.45, 2.75) is 30.2 Å². The van der Waals surface area contributed by atoms with Gasteiger partial charge in [0.05, 0.1) is 16.8 Å². The monoisotopic (exact) mass is 577 g/mol. The first-order valence-electron chi connectivity index (χ1n) is 12.1. The van der Waals surface area contributed by atoms with Gasteiger partial charge in [0.25, 0.3) is 0 Å². The first-order valence-corrected chi connectivity index (χ1v) is 13.9. The molecule has 1 saturated heterocycles. The number of aromatic carboxylic acids is 1. The van der Waals surface area contributed by atoms with Gasteiger partial charge in [-0.1, -0.05) is 41.9 Å². The quantitative estimate of drug-likeness (QED) is 0.269. The first-order chi connectivity index (χ1) is 18.5. The van der Waals surface area contributed by atoms with Gasteiger partial charge in [0, 0.05) is 35.3 Å². The van der Waals surface area contributed by atoms with Gasteiger partial charge >= 0.3 is 21.5 Å². The highest BCUT2D eigenvalue weighted by atomic mass is 35.5. The van der Waals surface area contributed by atoms with Crippen molar-refractivity contribution < 1.29 is 31.5 Å². The summed E-state index contributed by atoms with van der Waals surface area (Å²) in [5.74, 6) is -1.52. The largest absolute Gasteiger partial charge is 0.511 e. The molecular weight excluding hydrogens is 555 g/mol. The highest BCUT2D eigenvalue weighted by Crippen LogP contribution is 2.38. The van der Waals surface area contributed by atoms with Crippen LogP contribution >= 0.6 is 11.6 Å². The number of benzene rings is 3. The molecule has 0 spiro atoms. The molecule has 0 aliphatic carbocycles. The molecular formula is C27H23ClF3N3O4S. The minimum Gasteiger partial charge on any atom is -0.478 e. The highest BCUT2D eigenvalue weighted by Gasteiger charge is 2.50. The van der Waals surface area contributed by atoms with Crippen LogP contribution in [-0.4, -0.2) is 52.6 Å². The highest BCUT2D eigenvalue weighted by molar-refractivity contribution is 7.90. The summed E-state index contributed by atoms with van der Waals surface area (Å²) in [6.45, 7) is -0.492. The van der Waals surface area contributed by atoms with Crippen LogP contribution in [0.5, 0.6) is 0 Å². The van der Waals surface area contributed by atoms with E-state index in [1.165, 1.54) is 0 Å². The van der Waals surface area contributed by atoms with E-state index in [-0.39, 0.29) is 43.3 Å². The van der Waals surface area contributed by atoms with Crippen LogP contribution in [0.2, 0.25) is 5.02 Å². The van der Waals surface area contributed by atoms with E-state index in [1.807, 2.05) is 30.3 Å². The molecule has 39 heavy (non-hydrogen) atoms. The smallest absolute Gasteiger partial charge is 0.478 e. The first kappa shape index (κ1) is 27.2. The topological polar surface area (TPSA) is 103 Å². The Morgan fingerprint density at radius 2 is 1.54 bits per heavy atom. The standard InChI is InChI=1S/C27H23ClF3N3O4S/c28-21-8-5-17(6-9-21)24(16-1-3-19(4-2-16)26(35)36)20-7-10-23-22(15-20)25(33-32-23)18-11-13-34(14-12-18)39(37,38)27(29,30)31/h1-10,15,18,24H,11-14H2,(H,32,33)(H,35,36). The van der Waals surface area contributed by atoms with Crippen LogP contribution in [0.4, 0.5) is 13.2 Å². The number of aromatic amines is 1. The van der Waals surface area contributed by atoms with Gasteiger partial charge in [-0.15, -0.1) is 0 Å². The van der Waals surface area contributed by atoms with Crippen molar-refractivity contribution in [3.63, 3.8) is 0 Å². The number of nitrogens with zero attached hydrogens (tertiary/aromatic N) is 2. The van der Waals surface area contributed by atoms with Crippen molar-refractivity contribution in [3.05, 3.63) is 99.7 Å². The van der Waals surface area contributed by atoms with Gasteiger partial charge in [-0.25, -0.2) is 13.2 Å². The van der Waals surface area contributed by atoms with E-state index in [2.05, 4.69) is 10.2 Å². The van der Waals surface area contributed by atoms with E-state index >= 15 is 0 Å². The lowest BCUT2D eigenvalue weighted by Gasteiger charge is -2.31. The van der Waals surface area contributed by atoms with Crippen LogP contribution in [-0.2, 0) is 10.0 Å². The molecule has 0 saturated carbocycles. The van der Waals surface area contributed by atoms with Gasteiger partial charge in [0.2, 0.25) is 0 Å². The molecule has 204 valence electrons. The normalized spacial score (nSPS) is 16.4. The third-order valence-corrected chi connectivity index (χ3v) is 9.00. The summed E-state index contributed by atoms with van der Waals surface area (Å²) in [6, 6.07) is 19.8. The minimum atomic E-state index is -5.37. The fourth-order valence-corrected chi connectivity index (χ4v) is 6.22. The molecule has 1 aliphatic heterocycles. The summed E-state index contributed by atoms with van der Waals surface area (Å²) in [4.78, 5) is 11.4. The number of carbonyl (C=O) groups is 1. The number of sulfonamides is 1. The molecule has 7 nitrogen and oxygen atoms in total. The van der Waals surface area contributed by atoms with Crippen molar-refractivity contribution >= 4 is 38.5 Å². The van der Waals surface area contributed by atoms with Crippen molar-refractivity contribution in [2.24, 2.45) is 0 Å². The summed E-state index contributed by atoms with van der Waals surface area (Å²) in [5.41, 5.74) is -1.06. The Bertz CT molecular complexity index is 1610. The van der Waals surface area contributed by atoms with Crippen molar-refractivity contribution in [3.8, 4) is 0 Å². The molecule has 3 aromatic carbocycles. The molecule has 12 heteroatoms. The Morgan fingerprint density at radius 3 is 2.10 bits per heavy atom. The molecule has 2 heterocycles. The molecule has 1 fully saturated rings. The Hall–Kier alpha value is -3.41. The van der Waals surface area contributed by atoms with Gasteiger partial charge < -0.3 is 5.11 Å². The number of H-pyrrole nitrogens is 1. The summed E-state index contributed by atoms with van der Waals surface area (Å²) in [7, 11) is -5.37. The third-order valence-electron chi connectivity index (χ3n) is 7.12. The van der Waals surface area contributed by atoms with Crippen LogP contribution in [0.3, 0.4) is 0 Å². The maximum absolute atomic E-state index is 13.0. The molecule has 1 aliphatic rings. The van der Waals surface area contributed by atoms with Crippen LogP contribution in [0, 0.1) is 0 Å². The Balaban J connectivity index is 1.50. The second kappa shape index (κ2) is 10.3. The minimum absolute atomic E-state index is 0.167. The lowest BCUT2D eigenvalue weighted by atomic mass is 9.83. The van der Waals surface area contributed by atoms with Gasteiger partial charge in [0.15, 0.2) is 0 Å². The van der Waals surface area contributed by atoms with Gasteiger partial charge in [0.1, 0.15) is 0 Å². The molecule has 2 N–H and O–H groups in total. The number of carboxylic acid groups (broad SMARTS) is 1. The van der Waals surface area contributed by atoms with Gasteiger partial charge in [-0.3, -0.25) is 5.10 Å². The van der Waals surface area contributed by atoms with E-state index in [9.17, 15) is 31.5 Å². The Kier molecular flexibility index (Phi) is 7.17. The van der Waals surface area contributed by atoms with E-state index in [1.54, 1.807) is 36.4 Å². The molecule has 0 radical (unpaired) electrons. The molecule has 0 bridgehead atoms. The summed E-state index contributed by atoms with van der Waals surface area (Å²) >= 11 is 6.12. The van der Waals surface area contributed by atoms with Crippen LogP contribution in [0.15, 0.2) is 66.7 Å². The zero-order valence-electron chi connectivity index (χ0n) is 20.3. The number of hydrogen-bond donors (Lipinski definition) is 2. The number of carboxylic acids is 1. The number of fused-ring (bicyclic) bond motifs is 1. The number of aromatic nitrogens is 2. The molecule has 5 rings (SSSR count). The fraction of sp³-hybridized carbons (Fsp3) is 0.259. The van der Waals surface area contributed by atoms with Crippen molar-refractivity contribution in [2.75, 3.05) is 13.1 Å². The Morgan fingerprint density at radius 1 is 0.974 bits per heavy atom. The predicted octanol–water partition coefficient (Wildman–Crippen LogP) is 6.12. The lowest BCUT2D eigenvalue weighted by molar-refractivity contribution is -0.0494. The fourth-order valence-electron chi connectivity index (χ4n) is 5.11. The zero-order chi connectivity index (χ0) is 27.9. The van der Waals surface area contributed by atoms with Crippen LogP contribution < -0.4 is 0 Å². The number of rotatable bonds is 6. The summed E-state index contributed by atoms with van der Waals surface area (Å²) in [5, 5.41) is 18.1. The van der Waals surface area contributed by atoms with Gasteiger partial charge in [-0.05, 0) is 65.9 Å². The number of alkyl halides is 3. The number of piperidine rings is 1. The van der Waals surface area contributed by atoms with E-state index in [0.717, 1.165) is 27.6 Å². The molecule has 0 amide bonds. The SMILES string of the molecule is O=C(O)c1ccc(C(c2ccc(Cl)cc2)c2ccc3[nH]nc(C4CCN(S(=O)(=O)C(F)(F)F)CC4)c3c2)cc1. The maximum Gasteiger partial charge on any atom is 0.511 e. The number of nitrogens with one attached hydrogen (secondary N) is 1. The molecule has 4 aromatic rings. The van der Waals surface area contributed by atoms with E-state index < -0.39 is 21.5 Å². The molecule has 1 aromatic heterocycles. The van der Waals surface area contributed by atoms with Crippen molar-refractivity contribution in [1.82, 2.24) is 14.5 Å². The predicted molar refractivity (Wildman–Crippen MR) is 140 cm³/mol. The molecule has 1 unspecified atom stereocenters. The lowest BCUT2D eigenvalue weighted by Crippen LogP contribution is -2.44. The third kappa shape index (κ3) is 5.26. The van der Waals surface area contributed by atoms with Gasteiger partial charge in [-0.2, -0.15) is 22.6 Å². The van der Waals surface area contributed by atoms with Crippen molar-refractivity contribution in [1.29, 1.82) is 0 Å². The average molecular weight is 578 g/mol. The van der Waals surface area contributed by atoms with E-state index in [4.69, 9.17) is 11.6 Å². The zero-order valence-corrected chi connectivity index (χ0v) is 21.9. The second-order valence-corrected chi connectivity index (χ2v) is 11.8. The average Bonchev–Trinajstić information content (AvgIpc) is 3.33. The Labute approximate surface area is 227 Å². The second-order valence-electron chi connectivity index (χ2n) is 9.45. The number of halogens is 4. The summed E-state index contributed by atoms with van der Waals surface area (Å²) < 4.78 is 63.1. The number of hydrogen-bond acceptors (Lipinski definition) is 4. The van der Waals surface area contributed by atoms with E-state index in [0.29, 0.717) is 15.0 Å². The van der Waals surface area contributed by atoms with Crippen LogP contribution in [0.25, 0.3) is 10.9 Å². The summed E-state index contributed by atoms with van der Waals surface area (Å²) in [6.07, 6.45) is 0.410.